The number of nitrogens with zero attached hydrogens (tertiary/aromatic N) is 4. The van der Waals surface area contributed by atoms with Gasteiger partial charge in [0.25, 0.3) is 0 Å². The zero-order valence-electron chi connectivity index (χ0n) is 9.49. The van der Waals surface area contributed by atoms with Crippen molar-refractivity contribution in [3.05, 3.63) is 46.8 Å². The Morgan fingerprint density at radius 1 is 1.32 bits per heavy atom. The van der Waals surface area contributed by atoms with E-state index in [1.807, 2.05) is 18.2 Å². The normalized spacial score (nSPS) is 10.8. The van der Waals surface area contributed by atoms with Gasteiger partial charge >= 0.3 is 5.97 Å². The van der Waals surface area contributed by atoms with Crippen LogP contribution < -0.4 is 0 Å². The van der Waals surface area contributed by atoms with Crippen LogP contribution in [0.5, 0.6) is 0 Å². The molecule has 0 saturated heterocycles. The second-order valence-electron chi connectivity index (χ2n) is 3.84. The number of hydrogen-bond acceptors (Lipinski definition) is 4. The number of halogens is 1. The first-order valence-electron chi connectivity index (χ1n) is 5.35. The summed E-state index contributed by atoms with van der Waals surface area (Å²) in [6.07, 6.45) is 2.86. The molecule has 0 radical (unpaired) electrons. The molecule has 0 atom stereocenters. The largest absolute Gasteiger partial charge is 0.476 e. The molecule has 1 aromatic carbocycles. The Morgan fingerprint density at radius 2 is 2.16 bits per heavy atom. The number of aromatic nitrogens is 4. The van der Waals surface area contributed by atoms with Gasteiger partial charge in [-0.15, -0.1) is 5.10 Å². The molecule has 0 bridgehead atoms. The molecule has 0 unspecified atom stereocenters. The first-order chi connectivity index (χ1) is 9.16. The van der Waals surface area contributed by atoms with Gasteiger partial charge in [-0.25, -0.2) is 9.48 Å². The number of carboxylic acids is 1. The quantitative estimate of drug-likeness (QED) is 0.784. The zero-order valence-corrected chi connectivity index (χ0v) is 11.1. The standard InChI is InChI=1S/C12H7BrN4O2/c13-8-4-7-2-1-3-9(11(7)14-5-8)17-10(12(18)19)6-15-16-17/h1-6H,(H,18,19). The molecular weight excluding hydrogens is 312 g/mol. The number of rotatable bonds is 2. The molecule has 2 aromatic heterocycles. The Labute approximate surface area is 115 Å². The predicted octanol–water partition coefficient (Wildman–Crippen LogP) is 2.28. The molecular formula is C12H7BrN4O2. The van der Waals surface area contributed by atoms with Crippen molar-refractivity contribution in [3.8, 4) is 5.69 Å². The van der Waals surface area contributed by atoms with E-state index in [4.69, 9.17) is 5.11 Å². The fraction of sp³-hybridized carbons (Fsp3) is 0. The van der Waals surface area contributed by atoms with Gasteiger partial charge in [-0.2, -0.15) is 0 Å². The van der Waals surface area contributed by atoms with Crippen LogP contribution >= 0.6 is 15.9 Å². The molecule has 0 aliphatic rings. The van der Waals surface area contributed by atoms with Crippen LogP contribution in [0, 0.1) is 0 Å². The van der Waals surface area contributed by atoms with Crippen LogP contribution in [0.25, 0.3) is 16.6 Å². The van der Waals surface area contributed by atoms with E-state index in [2.05, 4.69) is 31.2 Å². The van der Waals surface area contributed by atoms with E-state index >= 15 is 0 Å². The summed E-state index contributed by atoms with van der Waals surface area (Å²) < 4.78 is 2.13. The van der Waals surface area contributed by atoms with Gasteiger partial charge in [-0.1, -0.05) is 17.3 Å². The van der Waals surface area contributed by atoms with Crippen molar-refractivity contribution >= 4 is 32.8 Å². The van der Waals surface area contributed by atoms with Gasteiger partial charge in [0, 0.05) is 16.1 Å². The molecule has 0 aliphatic carbocycles. The third-order valence-electron chi connectivity index (χ3n) is 2.65. The van der Waals surface area contributed by atoms with E-state index < -0.39 is 5.97 Å². The van der Waals surface area contributed by atoms with Crippen molar-refractivity contribution < 1.29 is 9.90 Å². The average molecular weight is 319 g/mol. The minimum absolute atomic E-state index is 0.00258. The average Bonchev–Trinajstić information content (AvgIpc) is 2.86. The monoisotopic (exact) mass is 318 g/mol. The maximum Gasteiger partial charge on any atom is 0.356 e. The van der Waals surface area contributed by atoms with Gasteiger partial charge < -0.3 is 5.11 Å². The Hall–Kier alpha value is -2.28. The smallest absolute Gasteiger partial charge is 0.356 e. The lowest BCUT2D eigenvalue weighted by Gasteiger charge is -2.06. The second-order valence-corrected chi connectivity index (χ2v) is 4.75. The summed E-state index contributed by atoms with van der Waals surface area (Å²) in [5, 5.41) is 17.4. The number of benzene rings is 1. The Kier molecular flexibility index (Phi) is 2.75. The third kappa shape index (κ3) is 1.97. The highest BCUT2D eigenvalue weighted by molar-refractivity contribution is 9.10. The molecule has 2 heterocycles. The topological polar surface area (TPSA) is 80.9 Å². The van der Waals surface area contributed by atoms with Gasteiger partial charge in [0.1, 0.15) is 0 Å². The molecule has 6 nitrogen and oxygen atoms in total. The van der Waals surface area contributed by atoms with Crippen molar-refractivity contribution in [3.63, 3.8) is 0 Å². The fourth-order valence-corrected chi connectivity index (χ4v) is 2.20. The van der Waals surface area contributed by atoms with Crippen molar-refractivity contribution in [1.82, 2.24) is 20.0 Å². The van der Waals surface area contributed by atoms with Gasteiger partial charge in [-0.3, -0.25) is 4.98 Å². The summed E-state index contributed by atoms with van der Waals surface area (Å²) in [7, 11) is 0. The van der Waals surface area contributed by atoms with Crippen molar-refractivity contribution in [2.45, 2.75) is 0 Å². The number of fused-ring (bicyclic) bond motifs is 1. The van der Waals surface area contributed by atoms with Crippen LogP contribution in [-0.4, -0.2) is 31.1 Å². The van der Waals surface area contributed by atoms with Gasteiger partial charge in [0.2, 0.25) is 0 Å². The van der Waals surface area contributed by atoms with Crippen LogP contribution in [0.4, 0.5) is 0 Å². The van der Waals surface area contributed by atoms with Gasteiger partial charge in [0.15, 0.2) is 5.69 Å². The highest BCUT2D eigenvalue weighted by Gasteiger charge is 2.15. The lowest BCUT2D eigenvalue weighted by atomic mass is 10.2. The van der Waals surface area contributed by atoms with E-state index in [0.29, 0.717) is 11.2 Å². The highest BCUT2D eigenvalue weighted by Crippen LogP contribution is 2.23. The molecule has 7 heteroatoms. The first kappa shape index (κ1) is 11.8. The summed E-state index contributed by atoms with van der Waals surface area (Å²) in [5.74, 6) is -1.08. The van der Waals surface area contributed by atoms with E-state index in [-0.39, 0.29) is 5.69 Å². The third-order valence-corrected chi connectivity index (χ3v) is 3.09. The van der Waals surface area contributed by atoms with Crippen molar-refractivity contribution in [2.75, 3.05) is 0 Å². The number of hydrogen-bond donors (Lipinski definition) is 1. The van der Waals surface area contributed by atoms with Crippen LogP contribution in [0.15, 0.2) is 41.1 Å². The summed E-state index contributed by atoms with van der Waals surface area (Å²) >= 11 is 3.35. The Bertz CT molecular complexity index is 784. The van der Waals surface area contributed by atoms with E-state index in [9.17, 15) is 4.79 Å². The van der Waals surface area contributed by atoms with E-state index in [1.54, 1.807) is 12.3 Å². The molecule has 0 aliphatic heterocycles. The lowest BCUT2D eigenvalue weighted by molar-refractivity contribution is 0.0687. The summed E-state index contributed by atoms with van der Waals surface area (Å²) in [4.78, 5) is 15.4. The highest BCUT2D eigenvalue weighted by atomic mass is 79.9. The molecule has 0 spiro atoms. The Balaban J connectivity index is 2.31. The van der Waals surface area contributed by atoms with Crippen LogP contribution in [0.2, 0.25) is 0 Å². The molecule has 3 rings (SSSR count). The lowest BCUT2D eigenvalue weighted by Crippen LogP contribution is -2.08. The number of carbonyl (C=O) groups is 1. The molecule has 0 fully saturated rings. The summed E-state index contributed by atoms with van der Waals surface area (Å²) in [6, 6.07) is 7.38. The Morgan fingerprint density at radius 3 is 2.95 bits per heavy atom. The predicted molar refractivity (Wildman–Crippen MR) is 71.3 cm³/mol. The number of pyridine rings is 1. The fourth-order valence-electron chi connectivity index (χ4n) is 1.85. The number of carboxylic acid groups (broad SMARTS) is 1. The molecule has 0 saturated carbocycles. The summed E-state index contributed by atoms with van der Waals surface area (Å²) in [5.41, 5.74) is 1.25. The second kappa shape index (κ2) is 4.43. The van der Waals surface area contributed by atoms with Crippen molar-refractivity contribution in [2.24, 2.45) is 0 Å². The minimum Gasteiger partial charge on any atom is -0.476 e. The molecule has 3 aromatic rings. The maximum atomic E-state index is 11.1. The molecule has 1 N–H and O–H groups in total. The van der Waals surface area contributed by atoms with Crippen LogP contribution in [-0.2, 0) is 0 Å². The SMILES string of the molecule is O=C(O)c1cnnn1-c1cccc2cc(Br)cnc12. The molecule has 94 valence electrons. The van der Waals surface area contributed by atoms with Crippen molar-refractivity contribution in [1.29, 1.82) is 0 Å². The van der Waals surface area contributed by atoms with Gasteiger partial charge in [-0.05, 0) is 28.1 Å². The first-order valence-corrected chi connectivity index (χ1v) is 6.15. The van der Waals surface area contributed by atoms with Crippen LogP contribution in [0.1, 0.15) is 10.5 Å². The number of aromatic carboxylic acids is 1. The molecule has 19 heavy (non-hydrogen) atoms. The maximum absolute atomic E-state index is 11.1. The molecule has 0 amide bonds. The van der Waals surface area contributed by atoms with Crippen LogP contribution in [0.3, 0.4) is 0 Å². The van der Waals surface area contributed by atoms with E-state index in [0.717, 1.165) is 9.86 Å². The van der Waals surface area contributed by atoms with Gasteiger partial charge in [0.05, 0.1) is 17.4 Å². The minimum atomic E-state index is -1.08. The van der Waals surface area contributed by atoms with E-state index in [1.165, 1.54) is 10.9 Å². The number of para-hydroxylation sites is 1. The zero-order chi connectivity index (χ0) is 13.4. The summed E-state index contributed by atoms with van der Waals surface area (Å²) in [6.45, 7) is 0.